The maximum Gasteiger partial charge on any atom is 0.242 e. The van der Waals surface area contributed by atoms with Crippen LogP contribution in [0.15, 0.2) is 52.1 Å². The number of nitrogens with two attached hydrogens (primary N) is 1. The molecular weight excluding hydrogens is 290 g/mol. The van der Waals surface area contributed by atoms with Crippen LogP contribution in [0.5, 0.6) is 0 Å². The summed E-state index contributed by atoms with van der Waals surface area (Å²) in [5, 5.41) is 0.584. The number of H-pyrrole nitrogens is 1. The lowest BCUT2D eigenvalue weighted by atomic mass is 10.2. The Balaban J connectivity index is 1.81. The van der Waals surface area contributed by atoms with Crippen LogP contribution in [0.4, 0.5) is 5.69 Å². The van der Waals surface area contributed by atoms with E-state index in [9.17, 15) is 8.42 Å². The molecule has 7 heteroatoms. The minimum Gasteiger partial charge on any atom is -0.469 e. The molecule has 3 rings (SSSR count). The van der Waals surface area contributed by atoms with Crippen molar-refractivity contribution in [2.75, 3.05) is 12.3 Å². The highest BCUT2D eigenvalue weighted by atomic mass is 32.2. The van der Waals surface area contributed by atoms with Crippen LogP contribution in [-0.4, -0.2) is 19.9 Å². The number of benzene rings is 1. The predicted molar refractivity (Wildman–Crippen MR) is 80.3 cm³/mol. The number of nitrogen functional groups attached to an aromatic ring is 1. The van der Waals surface area contributed by atoms with Crippen LogP contribution < -0.4 is 10.5 Å². The molecule has 4 N–H and O–H groups in total. The Morgan fingerprint density at radius 1 is 1.29 bits per heavy atom. The van der Waals surface area contributed by atoms with Gasteiger partial charge in [-0.1, -0.05) is 0 Å². The zero-order valence-electron chi connectivity index (χ0n) is 11.2. The average Bonchev–Trinajstić information content (AvgIpc) is 3.07. The lowest BCUT2D eigenvalue weighted by Crippen LogP contribution is -2.25. The quantitative estimate of drug-likeness (QED) is 0.626. The van der Waals surface area contributed by atoms with Crippen molar-refractivity contribution in [3.8, 4) is 0 Å². The second kappa shape index (κ2) is 5.27. The number of hydrogen-bond donors (Lipinski definition) is 3. The molecule has 0 saturated heterocycles. The monoisotopic (exact) mass is 305 g/mol. The van der Waals surface area contributed by atoms with Crippen LogP contribution in [0.25, 0.3) is 10.9 Å². The number of hydrogen-bond acceptors (Lipinski definition) is 4. The number of anilines is 1. The van der Waals surface area contributed by atoms with Crippen molar-refractivity contribution >= 4 is 26.6 Å². The minimum absolute atomic E-state index is 0.198. The molecule has 0 atom stereocenters. The summed E-state index contributed by atoms with van der Waals surface area (Å²) in [5.41, 5.74) is 6.97. The van der Waals surface area contributed by atoms with Gasteiger partial charge in [0.2, 0.25) is 10.0 Å². The number of sulfonamides is 1. The fourth-order valence-corrected chi connectivity index (χ4v) is 3.37. The van der Waals surface area contributed by atoms with Gasteiger partial charge in [-0.25, -0.2) is 13.1 Å². The molecule has 21 heavy (non-hydrogen) atoms. The molecule has 1 aromatic carbocycles. The molecule has 2 aromatic heterocycles. The van der Waals surface area contributed by atoms with Gasteiger partial charge in [-0.15, -0.1) is 0 Å². The summed E-state index contributed by atoms with van der Waals surface area (Å²) >= 11 is 0. The van der Waals surface area contributed by atoms with E-state index in [0.717, 1.165) is 11.3 Å². The SMILES string of the molecule is Nc1ccc2[nH]cc(S(=O)(=O)NCCc3ccco3)c2c1. The van der Waals surface area contributed by atoms with Gasteiger partial charge in [-0.05, 0) is 30.3 Å². The molecule has 0 spiro atoms. The van der Waals surface area contributed by atoms with E-state index in [1.54, 1.807) is 36.6 Å². The van der Waals surface area contributed by atoms with Crippen LogP contribution >= 0.6 is 0 Å². The second-order valence-corrected chi connectivity index (χ2v) is 6.42. The summed E-state index contributed by atoms with van der Waals surface area (Å²) in [6.45, 7) is 0.269. The highest BCUT2D eigenvalue weighted by Crippen LogP contribution is 2.24. The van der Waals surface area contributed by atoms with Crippen molar-refractivity contribution in [1.82, 2.24) is 9.71 Å². The summed E-state index contributed by atoms with van der Waals surface area (Å²) in [6.07, 6.45) is 3.53. The van der Waals surface area contributed by atoms with Crippen molar-refractivity contribution in [1.29, 1.82) is 0 Å². The lowest BCUT2D eigenvalue weighted by Gasteiger charge is -2.05. The molecule has 0 radical (unpaired) electrons. The summed E-state index contributed by atoms with van der Waals surface area (Å²) in [7, 11) is -3.59. The summed E-state index contributed by atoms with van der Waals surface area (Å²) < 4.78 is 32.4. The topological polar surface area (TPSA) is 101 Å². The van der Waals surface area contributed by atoms with Crippen LogP contribution in [0.3, 0.4) is 0 Å². The predicted octanol–water partition coefficient (Wildman–Crippen LogP) is 1.86. The third-order valence-corrected chi connectivity index (χ3v) is 4.70. The highest BCUT2D eigenvalue weighted by molar-refractivity contribution is 7.89. The second-order valence-electron chi connectivity index (χ2n) is 4.69. The van der Waals surface area contributed by atoms with Crippen molar-refractivity contribution < 1.29 is 12.8 Å². The number of furan rings is 1. The van der Waals surface area contributed by atoms with Gasteiger partial charge in [0.1, 0.15) is 10.7 Å². The zero-order chi connectivity index (χ0) is 14.9. The van der Waals surface area contributed by atoms with E-state index in [0.29, 0.717) is 17.5 Å². The fraction of sp³-hybridized carbons (Fsp3) is 0.143. The molecule has 0 aliphatic rings. The van der Waals surface area contributed by atoms with Gasteiger partial charge in [0.25, 0.3) is 0 Å². The van der Waals surface area contributed by atoms with Gasteiger partial charge in [-0.3, -0.25) is 0 Å². The van der Waals surface area contributed by atoms with Gasteiger partial charge in [-0.2, -0.15) is 0 Å². The standard InChI is InChI=1S/C14H15N3O3S/c15-10-3-4-13-12(8-10)14(9-16-13)21(18,19)17-6-5-11-2-1-7-20-11/h1-4,7-9,16-17H,5-6,15H2. The molecule has 6 nitrogen and oxygen atoms in total. The van der Waals surface area contributed by atoms with Gasteiger partial charge in [0.15, 0.2) is 0 Å². The molecule has 0 unspecified atom stereocenters. The maximum atomic E-state index is 12.3. The van der Waals surface area contributed by atoms with Crippen LogP contribution in [0, 0.1) is 0 Å². The van der Waals surface area contributed by atoms with Crippen molar-refractivity contribution in [2.45, 2.75) is 11.3 Å². The first kappa shape index (κ1) is 13.7. The van der Waals surface area contributed by atoms with E-state index >= 15 is 0 Å². The fourth-order valence-electron chi connectivity index (χ4n) is 2.18. The first-order valence-corrected chi connectivity index (χ1v) is 7.93. The van der Waals surface area contributed by atoms with E-state index in [4.69, 9.17) is 10.2 Å². The molecule has 0 amide bonds. The van der Waals surface area contributed by atoms with Crippen LogP contribution in [-0.2, 0) is 16.4 Å². The molecule has 0 aliphatic heterocycles. The third kappa shape index (κ3) is 2.79. The van der Waals surface area contributed by atoms with Gasteiger partial charge >= 0.3 is 0 Å². The van der Waals surface area contributed by atoms with E-state index in [2.05, 4.69) is 9.71 Å². The number of rotatable bonds is 5. The zero-order valence-corrected chi connectivity index (χ0v) is 12.0. The smallest absolute Gasteiger partial charge is 0.242 e. The Hall–Kier alpha value is -2.25. The van der Waals surface area contributed by atoms with E-state index in [1.807, 2.05) is 0 Å². The van der Waals surface area contributed by atoms with E-state index in [-0.39, 0.29) is 11.4 Å². The van der Waals surface area contributed by atoms with Gasteiger partial charge in [0, 0.05) is 35.8 Å². The van der Waals surface area contributed by atoms with Crippen LogP contribution in [0.1, 0.15) is 5.76 Å². The molecular formula is C14H15N3O3S. The average molecular weight is 305 g/mol. The number of aromatic nitrogens is 1. The molecule has 2 heterocycles. The largest absolute Gasteiger partial charge is 0.469 e. The molecule has 0 saturated carbocycles. The summed E-state index contributed by atoms with van der Waals surface area (Å²) in [5.74, 6) is 0.737. The molecule has 110 valence electrons. The number of aromatic amines is 1. The number of fused-ring (bicyclic) bond motifs is 1. The molecule has 3 aromatic rings. The molecule has 0 aliphatic carbocycles. The summed E-state index contributed by atoms with van der Waals surface area (Å²) in [4.78, 5) is 3.13. The Labute approximate surface area is 122 Å². The molecule has 0 bridgehead atoms. The third-order valence-electron chi connectivity index (χ3n) is 3.20. The first-order valence-electron chi connectivity index (χ1n) is 6.45. The summed E-state index contributed by atoms with van der Waals surface area (Å²) in [6, 6.07) is 8.70. The normalized spacial score (nSPS) is 12.0. The Kier molecular flexibility index (Phi) is 3.44. The Bertz CT molecular complexity index is 851. The van der Waals surface area contributed by atoms with Crippen molar-refractivity contribution in [3.05, 3.63) is 48.6 Å². The van der Waals surface area contributed by atoms with Crippen molar-refractivity contribution in [2.24, 2.45) is 0 Å². The molecule has 0 fully saturated rings. The minimum atomic E-state index is -3.59. The van der Waals surface area contributed by atoms with Crippen LogP contribution in [0.2, 0.25) is 0 Å². The van der Waals surface area contributed by atoms with E-state index < -0.39 is 10.0 Å². The van der Waals surface area contributed by atoms with Gasteiger partial charge < -0.3 is 15.1 Å². The highest BCUT2D eigenvalue weighted by Gasteiger charge is 2.18. The lowest BCUT2D eigenvalue weighted by molar-refractivity contribution is 0.506. The Morgan fingerprint density at radius 3 is 2.90 bits per heavy atom. The van der Waals surface area contributed by atoms with Crippen molar-refractivity contribution in [3.63, 3.8) is 0 Å². The maximum absolute atomic E-state index is 12.3. The Morgan fingerprint density at radius 2 is 2.14 bits per heavy atom. The van der Waals surface area contributed by atoms with Gasteiger partial charge in [0.05, 0.1) is 6.26 Å². The number of nitrogens with one attached hydrogen (secondary N) is 2. The first-order chi connectivity index (χ1) is 10.1. The van der Waals surface area contributed by atoms with E-state index in [1.165, 1.54) is 6.20 Å².